The van der Waals surface area contributed by atoms with Crippen LogP contribution in [0.5, 0.6) is 0 Å². The Morgan fingerprint density at radius 1 is 1.41 bits per heavy atom. The number of hydrogen-bond donors (Lipinski definition) is 1. The molecule has 1 amide bonds. The maximum atomic E-state index is 12.0. The number of nitrogens with one attached hydrogen (secondary N) is 1. The maximum Gasteiger partial charge on any atom is 0.226 e. The molecule has 0 saturated carbocycles. The first kappa shape index (κ1) is 14.5. The van der Waals surface area contributed by atoms with Crippen LogP contribution in [0.15, 0.2) is 48.2 Å². The summed E-state index contributed by atoms with van der Waals surface area (Å²) < 4.78 is 1.78. The Morgan fingerprint density at radius 3 is 3.05 bits per heavy atom. The third-order valence-electron chi connectivity index (χ3n) is 3.16. The van der Waals surface area contributed by atoms with E-state index in [1.165, 1.54) is 0 Å². The van der Waals surface area contributed by atoms with Gasteiger partial charge in [-0.2, -0.15) is 5.10 Å². The lowest BCUT2D eigenvalue weighted by Crippen LogP contribution is -2.14. The lowest BCUT2D eigenvalue weighted by atomic mass is 10.2. The van der Waals surface area contributed by atoms with Crippen LogP contribution in [-0.4, -0.2) is 20.7 Å². The zero-order chi connectivity index (χ0) is 15.4. The van der Waals surface area contributed by atoms with E-state index in [-0.39, 0.29) is 5.91 Å². The summed E-state index contributed by atoms with van der Waals surface area (Å²) in [6, 6.07) is 7.73. The fraction of sp³-hybridized carbons (Fsp3) is 0.188. The van der Waals surface area contributed by atoms with Crippen molar-refractivity contribution < 1.29 is 4.79 Å². The summed E-state index contributed by atoms with van der Waals surface area (Å²) in [6.45, 7) is 2.56. The fourth-order valence-electron chi connectivity index (χ4n) is 2.12. The average Bonchev–Trinajstić information content (AvgIpc) is 3.17. The summed E-state index contributed by atoms with van der Waals surface area (Å²) in [5, 5.41) is 9.98. The van der Waals surface area contributed by atoms with E-state index in [4.69, 9.17) is 0 Å². The van der Waals surface area contributed by atoms with Gasteiger partial charge in [0.15, 0.2) is 0 Å². The molecule has 5 nitrogen and oxygen atoms in total. The van der Waals surface area contributed by atoms with Gasteiger partial charge in [-0.05, 0) is 24.6 Å². The van der Waals surface area contributed by atoms with Crippen molar-refractivity contribution in [3.63, 3.8) is 0 Å². The number of aromatic nitrogens is 3. The van der Waals surface area contributed by atoms with Gasteiger partial charge in [-0.1, -0.05) is 12.1 Å². The summed E-state index contributed by atoms with van der Waals surface area (Å²) in [5.74, 6) is -0.0237. The third-order valence-corrected chi connectivity index (χ3v) is 3.98. The Bertz CT molecular complexity index is 764. The van der Waals surface area contributed by atoms with E-state index in [2.05, 4.69) is 15.4 Å². The molecular formula is C16H16N4OS. The number of carbonyl (C=O) groups excluding carboxylic acids is 1. The number of amides is 1. The second-order valence-electron chi connectivity index (χ2n) is 5.00. The highest BCUT2D eigenvalue weighted by atomic mass is 32.1. The molecule has 0 unspecified atom stereocenters. The predicted molar refractivity (Wildman–Crippen MR) is 87.8 cm³/mol. The molecule has 0 radical (unpaired) electrons. The smallest absolute Gasteiger partial charge is 0.226 e. The van der Waals surface area contributed by atoms with Gasteiger partial charge in [-0.3, -0.25) is 9.48 Å². The van der Waals surface area contributed by atoms with Crippen LogP contribution < -0.4 is 5.32 Å². The minimum Gasteiger partial charge on any atom is -0.326 e. The van der Waals surface area contributed by atoms with E-state index in [1.807, 2.05) is 42.8 Å². The van der Waals surface area contributed by atoms with Crippen LogP contribution in [0.3, 0.4) is 0 Å². The monoisotopic (exact) mass is 312 g/mol. The summed E-state index contributed by atoms with van der Waals surface area (Å²) in [6.07, 6.45) is 5.88. The second kappa shape index (κ2) is 6.53. The van der Waals surface area contributed by atoms with Crippen molar-refractivity contribution in [2.45, 2.75) is 19.9 Å². The van der Waals surface area contributed by atoms with Gasteiger partial charge in [0.2, 0.25) is 5.91 Å². The molecule has 0 aliphatic rings. The van der Waals surface area contributed by atoms with Crippen molar-refractivity contribution in [1.29, 1.82) is 0 Å². The van der Waals surface area contributed by atoms with E-state index < -0.39 is 0 Å². The molecule has 6 heteroatoms. The van der Waals surface area contributed by atoms with Crippen LogP contribution in [0, 0.1) is 6.92 Å². The molecule has 0 fully saturated rings. The Morgan fingerprint density at radius 2 is 2.32 bits per heavy atom. The number of anilines is 1. The first-order chi connectivity index (χ1) is 10.7. The molecule has 0 spiro atoms. The quantitative estimate of drug-likeness (QED) is 0.786. The molecule has 1 N–H and O–H groups in total. The molecule has 3 rings (SSSR count). The summed E-state index contributed by atoms with van der Waals surface area (Å²) in [4.78, 5) is 16.3. The van der Waals surface area contributed by atoms with Crippen LogP contribution in [0.4, 0.5) is 5.69 Å². The molecule has 0 aliphatic carbocycles. The van der Waals surface area contributed by atoms with Crippen LogP contribution in [0.2, 0.25) is 0 Å². The van der Waals surface area contributed by atoms with E-state index in [1.54, 1.807) is 28.4 Å². The van der Waals surface area contributed by atoms with E-state index in [9.17, 15) is 4.79 Å². The maximum absolute atomic E-state index is 12.0. The lowest BCUT2D eigenvalue weighted by molar-refractivity contribution is -0.116. The number of hydrogen-bond acceptors (Lipinski definition) is 4. The van der Waals surface area contributed by atoms with Gasteiger partial charge in [0.1, 0.15) is 5.01 Å². The molecule has 22 heavy (non-hydrogen) atoms. The second-order valence-corrected chi connectivity index (χ2v) is 5.89. The summed E-state index contributed by atoms with van der Waals surface area (Å²) >= 11 is 1.58. The Balaban J connectivity index is 1.60. The van der Waals surface area contributed by atoms with Gasteiger partial charge in [0.25, 0.3) is 0 Å². The zero-order valence-electron chi connectivity index (χ0n) is 12.2. The van der Waals surface area contributed by atoms with E-state index in [0.717, 1.165) is 21.8 Å². The highest BCUT2D eigenvalue weighted by Crippen LogP contribution is 2.24. The normalized spacial score (nSPS) is 10.6. The standard InChI is InChI=1S/C16H16N4OS/c1-12-10-18-20(11-12)7-5-15(21)19-14-4-2-3-13(9-14)16-17-6-8-22-16/h2-4,6,8-11H,5,7H2,1H3,(H,19,21). The number of aryl methyl sites for hydroxylation is 2. The molecule has 112 valence electrons. The third kappa shape index (κ3) is 3.59. The number of carbonyl (C=O) groups is 1. The molecular weight excluding hydrogens is 296 g/mol. The van der Waals surface area contributed by atoms with Crippen molar-refractivity contribution in [2.24, 2.45) is 0 Å². The van der Waals surface area contributed by atoms with Crippen LogP contribution in [-0.2, 0) is 11.3 Å². The van der Waals surface area contributed by atoms with Crippen LogP contribution >= 0.6 is 11.3 Å². The Hall–Kier alpha value is -2.47. The van der Waals surface area contributed by atoms with Gasteiger partial charge in [-0.25, -0.2) is 4.98 Å². The van der Waals surface area contributed by atoms with Crippen LogP contribution in [0.25, 0.3) is 10.6 Å². The van der Waals surface area contributed by atoms with Crippen molar-refractivity contribution >= 4 is 22.9 Å². The van der Waals surface area contributed by atoms with Crippen molar-refractivity contribution in [2.75, 3.05) is 5.32 Å². The van der Waals surface area contributed by atoms with Gasteiger partial charge in [0, 0.05) is 42.0 Å². The molecule has 0 aliphatic heterocycles. The first-order valence-electron chi connectivity index (χ1n) is 6.99. The number of thiazole rings is 1. The number of nitrogens with zero attached hydrogens (tertiary/aromatic N) is 3. The predicted octanol–water partition coefficient (Wildman–Crippen LogP) is 3.34. The highest BCUT2D eigenvalue weighted by molar-refractivity contribution is 7.13. The minimum absolute atomic E-state index is 0.0237. The molecule has 3 aromatic rings. The zero-order valence-corrected chi connectivity index (χ0v) is 13.0. The van der Waals surface area contributed by atoms with Crippen molar-refractivity contribution in [1.82, 2.24) is 14.8 Å². The van der Waals surface area contributed by atoms with Crippen molar-refractivity contribution in [3.8, 4) is 10.6 Å². The molecule has 0 bridgehead atoms. The van der Waals surface area contributed by atoms with Gasteiger partial charge < -0.3 is 5.32 Å². The average molecular weight is 312 g/mol. The Kier molecular flexibility index (Phi) is 4.29. The molecule has 0 atom stereocenters. The summed E-state index contributed by atoms with van der Waals surface area (Å²) in [7, 11) is 0. The van der Waals surface area contributed by atoms with Gasteiger partial charge in [0.05, 0.1) is 6.20 Å². The van der Waals surface area contributed by atoms with Gasteiger partial charge >= 0.3 is 0 Å². The minimum atomic E-state index is -0.0237. The Labute approximate surface area is 132 Å². The molecule has 2 heterocycles. The lowest BCUT2D eigenvalue weighted by Gasteiger charge is -2.06. The van der Waals surface area contributed by atoms with Gasteiger partial charge in [-0.15, -0.1) is 11.3 Å². The van der Waals surface area contributed by atoms with E-state index in [0.29, 0.717) is 13.0 Å². The van der Waals surface area contributed by atoms with Crippen LogP contribution in [0.1, 0.15) is 12.0 Å². The van der Waals surface area contributed by atoms with E-state index >= 15 is 0 Å². The first-order valence-corrected chi connectivity index (χ1v) is 7.87. The molecule has 1 aromatic carbocycles. The summed E-state index contributed by atoms with van der Waals surface area (Å²) in [5.41, 5.74) is 2.89. The number of benzene rings is 1. The van der Waals surface area contributed by atoms with Crippen molar-refractivity contribution in [3.05, 3.63) is 53.8 Å². The topological polar surface area (TPSA) is 59.8 Å². The number of rotatable bonds is 5. The molecule has 0 saturated heterocycles. The largest absolute Gasteiger partial charge is 0.326 e. The fourth-order valence-corrected chi connectivity index (χ4v) is 2.76. The molecule has 2 aromatic heterocycles. The highest BCUT2D eigenvalue weighted by Gasteiger charge is 2.06. The SMILES string of the molecule is Cc1cnn(CCC(=O)Nc2cccc(-c3nccs3)c2)c1.